The Kier molecular flexibility index (Phi) is 2.48. The minimum Gasteiger partial charge on any atom is -0.305 e. The third-order valence-electron chi connectivity index (χ3n) is 0.513. The van der Waals surface area contributed by atoms with E-state index in [9.17, 15) is 4.79 Å². The predicted octanol–water partition coefficient (Wildman–Crippen LogP) is -0.300. The molecule has 3 nitrogen and oxygen atoms in total. The first-order chi connectivity index (χ1) is 2.89. The zero-order valence-electron chi connectivity index (χ0n) is 3.36. The minimum absolute atomic E-state index is 0. The number of nitrogens with one attached hydrogen (secondary N) is 2. The van der Waals surface area contributed by atoms with Gasteiger partial charge in [-0.05, 0) is 0 Å². The van der Waals surface area contributed by atoms with E-state index in [0.29, 0.717) is 0 Å². The molecule has 0 aliphatic heterocycles. The van der Waals surface area contributed by atoms with Crippen LogP contribution in [0.1, 0.15) is 0 Å². The summed E-state index contributed by atoms with van der Waals surface area (Å²) < 4.78 is 0. The molecule has 0 atom stereocenters. The summed E-state index contributed by atoms with van der Waals surface area (Å²) in [5.41, 5.74) is -0.0880. The number of aromatic amines is 2. The Balaban J connectivity index is 0.000000360. The first kappa shape index (κ1) is 6.53. The maximum Gasteiger partial charge on any atom is 0.263 e. The third kappa shape index (κ3) is 1.62. The number of hydrogen-bond acceptors (Lipinski definition) is 1. The van der Waals surface area contributed by atoms with Crippen molar-refractivity contribution in [1.82, 2.24) is 10.2 Å². The molecule has 0 saturated heterocycles. The van der Waals surface area contributed by atoms with Gasteiger partial charge in [-0.3, -0.25) is 9.89 Å². The van der Waals surface area contributed by atoms with Gasteiger partial charge < -0.3 is 5.10 Å². The maximum atomic E-state index is 9.98. The van der Waals surface area contributed by atoms with Gasteiger partial charge in [0.2, 0.25) is 0 Å². The summed E-state index contributed by atoms with van der Waals surface area (Å²) in [6.45, 7) is 0. The van der Waals surface area contributed by atoms with Crippen molar-refractivity contribution >= 4 is 0 Å². The summed E-state index contributed by atoms with van der Waals surface area (Å²) in [7, 11) is 0. The average Bonchev–Trinajstić information content (AvgIpc) is 1.86. The molecule has 0 bridgehead atoms. The molecular weight excluding hydrogens is 144 g/mol. The molecule has 1 radical (unpaired) electrons. The Bertz CT molecular complexity index is 151. The fraction of sp³-hybridized carbons (Fsp3) is 0. The molecule has 1 rings (SSSR count). The molecule has 1 aromatic heterocycles. The van der Waals surface area contributed by atoms with Crippen LogP contribution in [0.5, 0.6) is 0 Å². The van der Waals surface area contributed by atoms with Crippen molar-refractivity contribution in [2.45, 2.75) is 0 Å². The number of hydrogen-bond donors (Lipinski definition) is 2. The molecule has 1 aromatic rings. The van der Waals surface area contributed by atoms with Gasteiger partial charge in [0.1, 0.15) is 0 Å². The second kappa shape index (κ2) is 2.66. The van der Waals surface area contributed by atoms with Crippen molar-refractivity contribution in [2.24, 2.45) is 0 Å². The molecule has 0 spiro atoms. The SMILES string of the molecule is O=c1cc[nH][nH]1.[Cu]. The normalized spacial score (nSPS) is 7.43. The minimum atomic E-state index is -0.0880. The summed E-state index contributed by atoms with van der Waals surface area (Å²) in [6.07, 6.45) is 1.54. The van der Waals surface area contributed by atoms with Gasteiger partial charge in [0.05, 0.1) is 0 Å². The van der Waals surface area contributed by atoms with Crippen LogP contribution in [0.2, 0.25) is 0 Å². The Hall–Kier alpha value is -0.471. The molecule has 0 aliphatic rings. The first-order valence-corrected chi connectivity index (χ1v) is 1.61. The molecule has 0 saturated carbocycles. The van der Waals surface area contributed by atoms with Crippen LogP contribution in [0.4, 0.5) is 0 Å². The Morgan fingerprint density at radius 1 is 1.57 bits per heavy atom. The number of rotatable bonds is 0. The molecule has 2 N–H and O–H groups in total. The summed E-state index contributed by atoms with van der Waals surface area (Å²) >= 11 is 0. The van der Waals surface area contributed by atoms with Crippen LogP contribution in [0.3, 0.4) is 0 Å². The van der Waals surface area contributed by atoms with E-state index >= 15 is 0 Å². The third-order valence-corrected chi connectivity index (χ3v) is 0.513. The maximum absolute atomic E-state index is 9.98. The van der Waals surface area contributed by atoms with Gasteiger partial charge in [-0.1, -0.05) is 0 Å². The van der Waals surface area contributed by atoms with Gasteiger partial charge in [-0.15, -0.1) is 0 Å². The van der Waals surface area contributed by atoms with Gasteiger partial charge in [0, 0.05) is 29.3 Å². The molecule has 0 unspecified atom stereocenters. The van der Waals surface area contributed by atoms with Gasteiger partial charge in [-0.25, -0.2) is 0 Å². The first-order valence-electron chi connectivity index (χ1n) is 1.61. The van der Waals surface area contributed by atoms with E-state index in [1.54, 1.807) is 6.20 Å². The summed E-state index contributed by atoms with van der Waals surface area (Å²) in [6, 6.07) is 1.42. The monoisotopic (exact) mass is 147 g/mol. The molecule has 1 heterocycles. The zero-order valence-corrected chi connectivity index (χ0v) is 4.31. The Morgan fingerprint density at radius 2 is 2.29 bits per heavy atom. The second-order valence-electron chi connectivity index (χ2n) is 0.967. The predicted molar refractivity (Wildman–Crippen MR) is 21.4 cm³/mol. The van der Waals surface area contributed by atoms with Crippen LogP contribution in [-0.4, -0.2) is 10.2 Å². The fourth-order valence-corrected chi connectivity index (χ4v) is 0.272. The van der Waals surface area contributed by atoms with Crippen LogP contribution in [0.25, 0.3) is 0 Å². The van der Waals surface area contributed by atoms with Crippen LogP contribution in [0.15, 0.2) is 17.1 Å². The van der Waals surface area contributed by atoms with Crippen molar-refractivity contribution in [3.05, 3.63) is 22.6 Å². The van der Waals surface area contributed by atoms with Crippen LogP contribution in [-0.2, 0) is 17.1 Å². The van der Waals surface area contributed by atoms with E-state index in [2.05, 4.69) is 10.2 Å². The van der Waals surface area contributed by atoms with Gasteiger partial charge in [0.15, 0.2) is 0 Å². The molecule has 0 fully saturated rings. The molecule has 4 heteroatoms. The fourth-order valence-electron chi connectivity index (χ4n) is 0.272. The van der Waals surface area contributed by atoms with Crippen molar-refractivity contribution in [3.8, 4) is 0 Å². The smallest absolute Gasteiger partial charge is 0.263 e. The van der Waals surface area contributed by atoms with E-state index in [1.807, 2.05) is 0 Å². The van der Waals surface area contributed by atoms with Crippen LogP contribution in [0, 0.1) is 0 Å². The van der Waals surface area contributed by atoms with E-state index in [-0.39, 0.29) is 22.6 Å². The van der Waals surface area contributed by atoms with Gasteiger partial charge >= 0.3 is 0 Å². The zero-order chi connectivity index (χ0) is 4.41. The topological polar surface area (TPSA) is 48.6 Å². The van der Waals surface area contributed by atoms with Crippen molar-refractivity contribution in [1.29, 1.82) is 0 Å². The second-order valence-corrected chi connectivity index (χ2v) is 0.967. The quantitative estimate of drug-likeness (QED) is 0.487. The molecule has 0 aliphatic carbocycles. The summed E-state index contributed by atoms with van der Waals surface area (Å²) in [5.74, 6) is 0. The molecule has 43 valence electrons. The largest absolute Gasteiger partial charge is 0.305 e. The molecule has 7 heavy (non-hydrogen) atoms. The summed E-state index contributed by atoms with van der Waals surface area (Å²) in [5, 5.41) is 4.81. The molecule has 0 aromatic carbocycles. The van der Waals surface area contributed by atoms with Crippen LogP contribution < -0.4 is 5.56 Å². The van der Waals surface area contributed by atoms with Gasteiger partial charge in [0.25, 0.3) is 5.56 Å². The Morgan fingerprint density at radius 3 is 2.43 bits per heavy atom. The summed E-state index contributed by atoms with van der Waals surface area (Å²) in [4.78, 5) is 9.98. The standard InChI is InChI=1S/C3H4N2O.Cu/c6-3-1-2-4-5-3;/h1-2H,(H2,4,5,6);. The average molecular weight is 148 g/mol. The Labute approximate surface area is 50.6 Å². The van der Waals surface area contributed by atoms with Crippen molar-refractivity contribution in [3.63, 3.8) is 0 Å². The number of H-pyrrole nitrogens is 2. The van der Waals surface area contributed by atoms with Gasteiger partial charge in [-0.2, -0.15) is 0 Å². The van der Waals surface area contributed by atoms with Crippen LogP contribution >= 0.6 is 0 Å². The van der Waals surface area contributed by atoms with E-state index in [4.69, 9.17) is 0 Å². The van der Waals surface area contributed by atoms with Crippen molar-refractivity contribution in [2.75, 3.05) is 0 Å². The molecule has 0 amide bonds. The van der Waals surface area contributed by atoms with E-state index < -0.39 is 0 Å². The molecular formula is C3H4CuN2O. The number of aromatic nitrogens is 2. The van der Waals surface area contributed by atoms with E-state index in [0.717, 1.165) is 0 Å². The van der Waals surface area contributed by atoms with E-state index in [1.165, 1.54) is 6.07 Å². The van der Waals surface area contributed by atoms with Crippen molar-refractivity contribution < 1.29 is 17.1 Å².